The summed E-state index contributed by atoms with van der Waals surface area (Å²) >= 11 is 0. The van der Waals surface area contributed by atoms with Gasteiger partial charge in [0, 0.05) is 13.6 Å². The first-order valence-electron chi connectivity index (χ1n) is 7.44. The van der Waals surface area contributed by atoms with Crippen LogP contribution >= 0.6 is 24.0 Å². The second-order valence-electron chi connectivity index (χ2n) is 4.84. The second-order valence-corrected chi connectivity index (χ2v) is 4.84. The molecule has 1 atom stereocenters. The average molecular weight is 421 g/mol. The first kappa shape index (κ1) is 20.8. The number of rotatable bonds is 8. The summed E-state index contributed by atoms with van der Waals surface area (Å²) in [7, 11) is 3.43. The second kappa shape index (κ2) is 12.4. The van der Waals surface area contributed by atoms with Crippen molar-refractivity contribution in [2.45, 2.75) is 32.8 Å². The van der Waals surface area contributed by atoms with Crippen LogP contribution < -0.4 is 20.1 Å². The molecular formula is C16H28IN3O2. The number of hydrogen-bond acceptors (Lipinski definition) is 3. The van der Waals surface area contributed by atoms with Crippen LogP contribution in [0.4, 0.5) is 0 Å². The SMILES string of the molecule is CCCCNC(=NC)NCC(C)Oc1ccc(OC)cc1.I. The molecule has 0 aliphatic rings. The molecule has 1 aromatic rings. The van der Waals surface area contributed by atoms with Crippen LogP contribution in [-0.4, -0.2) is 39.3 Å². The molecule has 0 bridgehead atoms. The van der Waals surface area contributed by atoms with E-state index in [9.17, 15) is 0 Å². The van der Waals surface area contributed by atoms with E-state index in [0.29, 0.717) is 6.54 Å². The summed E-state index contributed by atoms with van der Waals surface area (Å²) in [6.45, 7) is 5.82. The van der Waals surface area contributed by atoms with Gasteiger partial charge in [0.1, 0.15) is 17.6 Å². The number of hydrogen-bond donors (Lipinski definition) is 2. The minimum absolute atomic E-state index is 0. The molecule has 5 nitrogen and oxygen atoms in total. The molecule has 0 heterocycles. The molecule has 6 heteroatoms. The number of unbranched alkanes of at least 4 members (excludes halogenated alkanes) is 1. The maximum absolute atomic E-state index is 5.83. The van der Waals surface area contributed by atoms with Crippen LogP contribution in [0, 0.1) is 0 Å². The monoisotopic (exact) mass is 421 g/mol. The van der Waals surface area contributed by atoms with Crippen molar-refractivity contribution in [3.8, 4) is 11.5 Å². The molecule has 0 saturated heterocycles. The van der Waals surface area contributed by atoms with Crippen LogP contribution in [0.2, 0.25) is 0 Å². The lowest BCUT2D eigenvalue weighted by Gasteiger charge is -2.17. The molecule has 0 spiro atoms. The predicted molar refractivity (Wildman–Crippen MR) is 103 cm³/mol. The predicted octanol–water partition coefficient (Wildman–Crippen LogP) is 3.05. The van der Waals surface area contributed by atoms with Crippen molar-refractivity contribution in [1.82, 2.24) is 10.6 Å². The van der Waals surface area contributed by atoms with Gasteiger partial charge in [-0.15, -0.1) is 24.0 Å². The van der Waals surface area contributed by atoms with Gasteiger partial charge < -0.3 is 20.1 Å². The Kier molecular flexibility index (Phi) is 11.7. The lowest BCUT2D eigenvalue weighted by Crippen LogP contribution is -2.42. The molecule has 0 aromatic heterocycles. The van der Waals surface area contributed by atoms with E-state index in [1.54, 1.807) is 14.2 Å². The molecule has 0 amide bonds. The van der Waals surface area contributed by atoms with Crippen LogP contribution in [0.5, 0.6) is 11.5 Å². The number of aliphatic imine (C=N–C) groups is 1. The minimum Gasteiger partial charge on any atom is -0.497 e. The Bertz CT molecular complexity index is 424. The molecule has 1 aromatic carbocycles. The highest BCUT2D eigenvalue weighted by Gasteiger charge is 2.05. The van der Waals surface area contributed by atoms with Crippen LogP contribution in [0.15, 0.2) is 29.3 Å². The van der Waals surface area contributed by atoms with E-state index >= 15 is 0 Å². The van der Waals surface area contributed by atoms with Gasteiger partial charge in [-0.1, -0.05) is 13.3 Å². The number of nitrogens with one attached hydrogen (secondary N) is 2. The molecule has 2 N–H and O–H groups in total. The van der Waals surface area contributed by atoms with Crippen molar-refractivity contribution < 1.29 is 9.47 Å². The fourth-order valence-corrected chi connectivity index (χ4v) is 1.77. The van der Waals surface area contributed by atoms with Crippen LogP contribution in [-0.2, 0) is 0 Å². The molecule has 0 radical (unpaired) electrons. The third kappa shape index (κ3) is 8.31. The summed E-state index contributed by atoms with van der Waals surface area (Å²) < 4.78 is 11.0. The van der Waals surface area contributed by atoms with Gasteiger partial charge in [0.05, 0.1) is 13.7 Å². The topological polar surface area (TPSA) is 54.9 Å². The summed E-state index contributed by atoms with van der Waals surface area (Å²) in [5, 5.41) is 6.53. The Balaban J connectivity index is 0.00000441. The average Bonchev–Trinajstić information content (AvgIpc) is 2.51. The Morgan fingerprint density at radius 2 is 1.82 bits per heavy atom. The summed E-state index contributed by atoms with van der Waals surface area (Å²) in [5.41, 5.74) is 0. The van der Waals surface area contributed by atoms with Crippen molar-refractivity contribution in [3.05, 3.63) is 24.3 Å². The number of guanidine groups is 1. The normalized spacial score (nSPS) is 12.1. The maximum Gasteiger partial charge on any atom is 0.191 e. The molecule has 0 aliphatic carbocycles. The number of benzene rings is 1. The van der Waals surface area contributed by atoms with Crippen molar-refractivity contribution in [3.63, 3.8) is 0 Å². The fraction of sp³-hybridized carbons (Fsp3) is 0.562. The van der Waals surface area contributed by atoms with Gasteiger partial charge in [0.2, 0.25) is 0 Å². The zero-order chi connectivity index (χ0) is 15.5. The first-order chi connectivity index (χ1) is 10.2. The fourth-order valence-electron chi connectivity index (χ4n) is 1.77. The number of nitrogens with zero attached hydrogens (tertiary/aromatic N) is 1. The van der Waals surface area contributed by atoms with Crippen molar-refractivity contribution in [2.75, 3.05) is 27.2 Å². The van der Waals surface area contributed by atoms with E-state index in [1.165, 1.54) is 6.42 Å². The van der Waals surface area contributed by atoms with E-state index in [0.717, 1.165) is 30.4 Å². The Morgan fingerprint density at radius 1 is 1.18 bits per heavy atom. The van der Waals surface area contributed by atoms with Gasteiger partial charge in [-0.25, -0.2) is 0 Å². The highest BCUT2D eigenvalue weighted by molar-refractivity contribution is 14.0. The van der Waals surface area contributed by atoms with Crippen molar-refractivity contribution in [2.24, 2.45) is 4.99 Å². The summed E-state index contributed by atoms with van der Waals surface area (Å²) in [6, 6.07) is 7.59. The van der Waals surface area contributed by atoms with E-state index in [1.807, 2.05) is 31.2 Å². The molecule has 0 aliphatic heterocycles. The molecule has 1 rings (SSSR count). The molecular weight excluding hydrogens is 393 g/mol. The van der Waals surface area contributed by atoms with Gasteiger partial charge >= 0.3 is 0 Å². The van der Waals surface area contributed by atoms with Gasteiger partial charge in [-0.05, 0) is 37.6 Å². The highest BCUT2D eigenvalue weighted by atomic mass is 127. The Morgan fingerprint density at radius 3 is 2.36 bits per heavy atom. The quantitative estimate of drug-likeness (QED) is 0.293. The summed E-state index contributed by atoms with van der Waals surface area (Å²) in [5.74, 6) is 2.47. The molecule has 0 saturated carbocycles. The van der Waals surface area contributed by atoms with E-state index in [-0.39, 0.29) is 30.1 Å². The lowest BCUT2D eigenvalue weighted by atomic mass is 10.3. The van der Waals surface area contributed by atoms with Gasteiger partial charge in [-0.2, -0.15) is 0 Å². The van der Waals surface area contributed by atoms with Gasteiger partial charge in [-0.3, -0.25) is 4.99 Å². The minimum atomic E-state index is 0. The molecule has 126 valence electrons. The summed E-state index contributed by atoms with van der Waals surface area (Å²) in [4.78, 5) is 4.18. The molecule has 22 heavy (non-hydrogen) atoms. The Hall–Kier alpha value is -1.18. The zero-order valence-corrected chi connectivity index (χ0v) is 16.2. The first-order valence-corrected chi connectivity index (χ1v) is 7.44. The third-order valence-corrected chi connectivity index (χ3v) is 3.00. The largest absolute Gasteiger partial charge is 0.497 e. The van der Waals surface area contributed by atoms with E-state index in [4.69, 9.17) is 9.47 Å². The van der Waals surface area contributed by atoms with E-state index < -0.39 is 0 Å². The zero-order valence-electron chi connectivity index (χ0n) is 13.9. The van der Waals surface area contributed by atoms with Crippen molar-refractivity contribution >= 4 is 29.9 Å². The van der Waals surface area contributed by atoms with Crippen LogP contribution in [0.1, 0.15) is 26.7 Å². The number of ether oxygens (including phenoxy) is 2. The number of halogens is 1. The highest BCUT2D eigenvalue weighted by Crippen LogP contribution is 2.17. The van der Waals surface area contributed by atoms with Crippen LogP contribution in [0.25, 0.3) is 0 Å². The third-order valence-electron chi connectivity index (χ3n) is 3.00. The maximum atomic E-state index is 5.83. The lowest BCUT2D eigenvalue weighted by molar-refractivity contribution is 0.223. The standard InChI is InChI=1S/C16H27N3O2.HI/c1-5-6-11-18-16(17-3)19-12-13(2)21-15-9-7-14(20-4)8-10-15;/h7-10,13H,5-6,11-12H2,1-4H3,(H2,17,18,19);1H. The van der Waals surface area contributed by atoms with Crippen molar-refractivity contribution in [1.29, 1.82) is 0 Å². The molecule has 0 fully saturated rings. The van der Waals surface area contributed by atoms with Gasteiger partial charge in [0.15, 0.2) is 5.96 Å². The van der Waals surface area contributed by atoms with Gasteiger partial charge in [0.25, 0.3) is 0 Å². The Labute approximate surface area is 150 Å². The van der Waals surface area contributed by atoms with E-state index in [2.05, 4.69) is 22.5 Å². The molecule has 1 unspecified atom stereocenters. The number of methoxy groups -OCH3 is 1. The van der Waals surface area contributed by atoms with Crippen LogP contribution in [0.3, 0.4) is 0 Å². The smallest absolute Gasteiger partial charge is 0.191 e. The summed E-state index contributed by atoms with van der Waals surface area (Å²) in [6.07, 6.45) is 2.35.